The van der Waals surface area contributed by atoms with Crippen molar-refractivity contribution in [2.75, 3.05) is 24.5 Å². The SMILES string of the molecule is Cc1nc(C2CCN(C(=O)OC(C)(C)C)CC2)cc(N2CC(C)OC2=O)n1. The Labute approximate surface area is 159 Å². The molecule has 0 saturated carbocycles. The van der Waals surface area contributed by atoms with Crippen molar-refractivity contribution in [3.05, 3.63) is 17.6 Å². The minimum absolute atomic E-state index is 0.145. The summed E-state index contributed by atoms with van der Waals surface area (Å²) in [6, 6.07) is 1.88. The molecule has 8 nitrogen and oxygen atoms in total. The van der Waals surface area contributed by atoms with Gasteiger partial charge in [-0.3, -0.25) is 4.90 Å². The van der Waals surface area contributed by atoms with Crippen molar-refractivity contribution in [3.8, 4) is 0 Å². The van der Waals surface area contributed by atoms with E-state index in [1.54, 1.807) is 9.80 Å². The lowest BCUT2D eigenvalue weighted by atomic mass is 9.93. The third-order valence-corrected chi connectivity index (χ3v) is 4.65. The fraction of sp³-hybridized carbons (Fsp3) is 0.684. The fourth-order valence-electron chi connectivity index (χ4n) is 3.40. The van der Waals surface area contributed by atoms with Crippen LogP contribution in [0.5, 0.6) is 0 Å². The first-order valence-corrected chi connectivity index (χ1v) is 9.44. The van der Waals surface area contributed by atoms with E-state index in [1.807, 2.05) is 40.7 Å². The van der Waals surface area contributed by atoms with E-state index in [1.165, 1.54) is 0 Å². The van der Waals surface area contributed by atoms with Crippen molar-refractivity contribution in [1.82, 2.24) is 14.9 Å². The quantitative estimate of drug-likeness (QED) is 0.788. The van der Waals surface area contributed by atoms with Gasteiger partial charge in [0.15, 0.2) is 0 Å². The molecule has 0 spiro atoms. The Morgan fingerprint density at radius 3 is 2.48 bits per heavy atom. The lowest BCUT2D eigenvalue weighted by Gasteiger charge is -2.33. The average molecular weight is 376 g/mol. The fourth-order valence-corrected chi connectivity index (χ4v) is 3.40. The molecule has 1 atom stereocenters. The van der Waals surface area contributed by atoms with Crippen LogP contribution in [0.1, 0.15) is 58.0 Å². The van der Waals surface area contributed by atoms with Crippen LogP contribution in [-0.4, -0.2) is 58.4 Å². The molecule has 2 fully saturated rings. The highest BCUT2D eigenvalue weighted by Gasteiger charge is 2.32. The van der Waals surface area contributed by atoms with Gasteiger partial charge >= 0.3 is 12.2 Å². The third-order valence-electron chi connectivity index (χ3n) is 4.65. The van der Waals surface area contributed by atoms with Crippen molar-refractivity contribution < 1.29 is 19.1 Å². The molecule has 2 saturated heterocycles. The van der Waals surface area contributed by atoms with Crippen LogP contribution in [0.15, 0.2) is 6.07 Å². The van der Waals surface area contributed by atoms with E-state index < -0.39 is 5.60 Å². The number of hydrogen-bond acceptors (Lipinski definition) is 6. The summed E-state index contributed by atoms with van der Waals surface area (Å²) in [5.74, 6) is 1.44. The molecule has 2 aliphatic rings. The van der Waals surface area contributed by atoms with E-state index in [0.29, 0.717) is 31.3 Å². The van der Waals surface area contributed by atoms with Crippen molar-refractivity contribution in [1.29, 1.82) is 0 Å². The lowest BCUT2D eigenvalue weighted by molar-refractivity contribution is 0.0204. The first-order valence-electron chi connectivity index (χ1n) is 9.44. The molecule has 2 amide bonds. The van der Waals surface area contributed by atoms with E-state index in [0.717, 1.165) is 18.5 Å². The summed E-state index contributed by atoms with van der Waals surface area (Å²) in [4.78, 5) is 36.5. The van der Waals surface area contributed by atoms with Gasteiger partial charge in [-0.25, -0.2) is 19.6 Å². The summed E-state index contributed by atoms with van der Waals surface area (Å²) in [5.41, 5.74) is 0.419. The maximum absolute atomic E-state index is 12.2. The van der Waals surface area contributed by atoms with Gasteiger partial charge in [-0.15, -0.1) is 0 Å². The van der Waals surface area contributed by atoms with Crippen LogP contribution in [0, 0.1) is 6.92 Å². The number of amides is 2. The van der Waals surface area contributed by atoms with E-state index in [2.05, 4.69) is 9.97 Å². The molecule has 0 aliphatic carbocycles. The normalized spacial score (nSPS) is 21.4. The van der Waals surface area contributed by atoms with Gasteiger partial charge in [-0.05, 0) is 47.5 Å². The van der Waals surface area contributed by atoms with Crippen LogP contribution in [-0.2, 0) is 9.47 Å². The zero-order chi connectivity index (χ0) is 19.8. The van der Waals surface area contributed by atoms with Crippen LogP contribution < -0.4 is 4.90 Å². The number of ether oxygens (including phenoxy) is 2. The average Bonchev–Trinajstić information content (AvgIpc) is 2.91. The number of anilines is 1. The monoisotopic (exact) mass is 376 g/mol. The second kappa shape index (κ2) is 7.32. The molecule has 3 rings (SSSR count). The Balaban J connectivity index is 1.68. The molecule has 3 heterocycles. The maximum Gasteiger partial charge on any atom is 0.415 e. The minimum atomic E-state index is -0.492. The van der Waals surface area contributed by atoms with E-state index in [-0.39, 0.29) is 24.2 Å². The summed E-state index contributed by atoms with van der Waals surface area (Å²) in [6.45, 7) is 11.0. The molecule has 0 bridgehead atoms. The second-order valence-corrected chi connectivity index (χ2v) is 8.24. The molecule has 1 aromatic heterocycles. The van der Waals surface area contributed by atoms with Crippen LogP contribution >= 0.6 is 0 Å². The van der Waals surface area contributed by atoms with Gasteiger partial charge in [0, 0.05) is 30.8 Å². The zero-order valence-electron chi connectivity index (χ0n) is 16.7. The summed E-state index contributed by atoms with van der Waals surface area (Å²) < 4.78 is 10.7. The molecule has 8 heteroatoms. The van der Waals surface area contributed by atoms with Crippen molar-refractivity contribution in [2.24, 2.45) is 0 Å². The number of hydrogen-bond donors (Lipinski definition) is 0. The van der Waals surface area contributed by atoms with Gasteiger partial charge in [-0.1, -0.05) is 0 Å². The Kier molecular flexibility index (Phi) is 5.26. The number of nitrogens with zero attached hydrogens (tertiary/aromatic N) is 4. The predicted molar refractivity (Wildman–Crippen MR) is 99.8 cm³/mol. The van der Waals surface area contributed by atoms with Gasteiger partial charge in [0.2, 0.25) is 0 Å². The number of aryl methyl sites for hydroxylation is 1. The topological polar surface area (TPSA) is 84.9 Å². The van der Waals surface area contributed by atoms with E-state index in [9.17, 15) is 9.59 Å². The van der Waals surface area contributed by atoms with Crippen LogP contribution in [0.25, 0.3) is 0 Å². The Morgan fingerprint density at radius 2 is 1.93 bits per heavy atom. The predicted octanol–water partition coefficient (Wildman–Crippen LogP) is 3.24. The van der Waals surface area contributed by atoms with Crippen molar-refractivity contribution in [3.63, 3.8) is 0 Å². The Bertz CT molecular complexity index is 723. The first kappa shape index (κ1) is 19.4. The molecular weight excluding hydrogens is 348 g/mol. The van der Waals surface area contributed by atoms with Crippen LogP contribution in [0.3, 0.4) is 0 Å². The Hall–Kier alpha value is -2.38. The smallest absolute Gasteiger partial charge is 0.415 e. The summed E-state index contributed by atoms with van der Waals surface area (Å²) in [6.07, 6.45) is 0.820. The molecule has 27 heavy (non-hydrogen) atoms. The van der Waals surface area contributed by atoms with Gasteiger partial charge in [0.25, 0.3) is 0 Å². The highest BCUT2D eigenvalue weighted by Crippen LogP contribution is 2.30. The number of carbonyl (C=O) groups is 2. The summed E-state index contributed by atoms with van der Waals surface area (Å²) >= 11 is 0. The molecule has 1 aromatic rings. The van der Waals surface area contributed by atoms with Crippen LogP contribution in [0.2, 0.25) is 0 Å². The van der Waals surface area contributed by atoms with Gasteiger partial charge < -0.3 is 14.4 Å². The standard InChI is InChI=1S/C19H28N4O4/c1-12-11-23(18(25)26-12)16-10-15(20-13(2)21-16)14-6-8-22(9-7-14)17(24)27-19(3,4)5/h10,12,14H,6-9,11H2,1-5H3. The first-order chi connectivity index (χ1) is 12.6. The largest absolute Gasteiger partial charge is 0.444 e. The van der Waals surface area contributed by atoms with Crippen LogP contribution in [0.4, 0.5) is 15.4 Å². The molecule has 0 N–H and O–H groups in total. The minimum Gasteiger partial charge on any atom is -0.444 e. The summed E-state index contributed by atoms with van der Waals surface area (Å²) in [5, 5.41) is 0. The Morgan fingerprint density at radius 1 is 1.26 bits per heavy atom. The number of aromatic nitrogens is 2. The molecule has 0 radical (unpaired) electrons. The number of piperidine rings is 1. The molecular formula is C19H28N4O4. The number of cyclic esters (lactones) is 1. The maximum atomic E-state index is 12.2. The van der Waals surface area contributed by atoms with Crippen molar-refractivity contribution in [2.45, 2.75) is 65.1 Å². The zero-order valence-corrected chi connectivity index (χ0v) is 16.7. The van der Waals surface area contributed by atoms with E-state index in [4.69, 9.17) is 9.47 Å². The molecule has 0 aromatic carbocycles. The molecule has 2 aliphatic heterocycles. The number of carbonyl (C=O) groups excluding carboxylic acids is 2. The second-order valence-electron chi connectivity index (χ2n) is 8.24. The van der Waals surface area contributed by atoms with E-state index >= 15 is 0 Å². The molecule has 1 unspecified atom stereocenters. The van der Waals surface area contributed by atoms with Gasteiger partial charge in [-0.2, -0.15) is 0 Å². The number of rotatable bonds is 2. The third kappa shape index (κ3) is 4.67. The molecule has 148 valence electrons. The number of likely N-dealkylation sites (tertiary alicyclic amines) is 1. The highest BCUT2D eigenvalue weighted by molar-refractivity contribution is 5.88. The lowest BCUT2D eigenvalue weighted by Crippen LogP contribution is -2.41. The van der Waals surface area contributed by atoms with Gasteiger partial charge in [0.1, 0.15) is 23.3 Å². The van der Waals surface area contributed by atoms with Crippen molar-refractivity contribution >= 4 is 18.0 Å². The van der Waals surface area contributed by atoms with Gasteiger partial charge in [0.05, 0.1) is 6.54 Å². The highest BCUT2D eigenvalue weighted by atomic mass is 16.6. The summed E-state index contributed by atoms with van der Waals surface area (Å²) in [7, 11) is 0.